The molecule has 0 aromatic heterocycles. The summed E-state index contributed by atoms with van der Waals surface area (Å²) in [6, 6.07) is 0. The average Bonchev–Trinajstić information content (AvgIpc) is 2.02. The molecule has 0 saturated carbocycles. The van der Waals surface area contributed by atoms with E-state index in [4.69, 9.17) is 14.6 Å². The Morgan fingerprint density at radius 2 is 1.69 bits per heavy atom. The molecule has 0 aliphatic rings. The van der Waals surface area contributed by atoms with E-state index in [1.54, 1.807) is 6.92 Å². The largest absolute Gasteiger partial charge is 0.391 e. The minimum absolute atomic E-state index is 0.109. The third-order valence-electron chi connectivity index (χ3n) is 1.74. The van der Waals surface area contributed by atoms with Crippen LogP contribution in [0.25, 0.3) is 0 Å². The van der Waals surface area contributed by atoms with Crippen molar-refractivity contribution in [3.05, 3.63) is 0 Å². The number of aliphatic hydroxyl groups excluding tert-OH is 1. The Bertz CT molecular complexity index is 113. The zero-order valence-corrected chi connectivity index (χ0v) is 9.12. The Hall–Kier alpha value is -0.120. The first-order valence-corrected chi connectivity index (χ1v) is 4.91. The van der Waals surface area contributed by atoms with Crippen molar-refractivity contribution < 1.29 is 14.6 Å². The fraction of sp³-hybridized carbons (Fsp3) is 1.00. The summed E-state index contributed by atoms with van der Waals surface area (Å²) in [5.74, 6) is 0.564. The van der Waals surface area contributed by atoms with E-state index in [0.29, 0.717) is 19.1 Å². The predicted molar refractivity (Wildman–Crippen MR) is 52.8 cm³/mol. The van der Waals surface area contributed by atoms with E-state index < -0.39 is 6.10 Å². The minimum atomic E-state index is -0.412. The van der Waals surface area contributed by atoms with Crippen LogP contribution in [0.1, 0.15) is 27.7 Å². The van der Waals surface area contributed by atoms with Crippen LogP contribution in [0.4, 0.5) is 0 Å². The van der Waals surface area contributed by atoms with Crippen molar-refractivity contribution in [2.45, 2.75) is 39.9 Å². The first kappa shape index (κ1) is 12.9. The molecule has 0 aliphatic heterocycles. The quantitative estimate of drug-likeness (QED) is 0.617. The molecule has 0 fully saturated rings. The van der Waals surface area contributed by atoms with Gasteiger partial charge >= 0.3 is 0 Å². The van der Waals surface area contributed by atoms with Gasteiger partial charge in [-0.25, -0.2) is 0 Å². The van der Waals surface area contributed by atoms with E-state index in [1.165, 1.54) is 0 Å². The lowest BCUT2D eigenvalue weighted by Crippen LogP contribution is -2.24. The molecule has 80 valence electrons. The van der Waals surface area contributed by atoms with Crippen LogP contribution in [0.2, 0.25) is 0 Å². The molecule has 0 rings (SSSR count). The van der Waals surface area contributed by atoms with Gasteiger partial charge in [0.25, 0.3) is 0 Å². The normalized spacial score (nSPS) is 16.2. The summed E-state index contributed by atoms with van der Waals surface area (Å²) in [6.07, 6.45) is -0.521. The van der Waals surface area contributed by atoms with Crippen LogP contribution in [0.5, 0.6) is 0 Å². The summed E-state index contributed by atoms with van der Waals surface area (Å²) in [6.45, 7) is 9.73. The summed E-state index contributed by atoms with van der Waals surface area (Å²) >= 11 is 0. The second-order valence-corrected chi connectivity index (χ2v) is 3.79. The van der Waals surface area contributed by atoms with Gasteiger partial charge in [0.1, 0.15) is 0 Å². The Labute approximate surface area is 81.0 Å². The van der Waals surface area contributed by atoms with Gasteiger partial charge < -0.3 is 14.6 Å². The van der Waals surface area contributed by atoms with Crippen LogP contribution in [-0.4, -0.2) is 37.1 Å². The van der Waals surface area contributed by atoms with Gasteiger partial charge in [-0.2, -0.15) is 0 Å². The molecule has 0 saturated heterocycles. The minimum Gasteiger partial charge on any atom is -0.391 e. The van der Waals surface area contributed by atoms with Crippen LogP contribution in [0, 0.1) is 5.92 Å². The van der Waals surface area contributed by atoms with Gasteiger partial charge in [-0.05, 0) is 19.8 Å². The molecule has 0 bridgehead atoms. The zero-order chi connectivity index (χ0) is 10.3. The Balaban J connectivity index is 3.16. The van der Waals surface area contributed by atoms with Crippen LogP contribution < -0.4 is 0 Å². The van der Waals surface area contributed by atoms with E-state index in [0.717, 1.165) is 6.61 Å². The highest BCUT2D eigenvalue weighted by Crippen LogP contribution is 1.97. The first-order chi connectivity index (χ1) is 6.04. The number of rotatable bonds is 7. The lowest BCUT2D eigenvalue weighted by atomic mass is 10.2. The highest BCUT2D eigenvalue weighted by Gasteiger charge is 2.07. The summed E-state index contributed by atoms with van der Waals surface area (Å²) < 4.78 is 10.6. The molecule has 3 nitrogen and oxygen atoms in total. The van der Waals surface area contributed by atoms with Crippen LogP contribution >= 0.6 is 0 Å². The highest BCUT2D eigenvalue weighted by atomic mass is 16.5. The number of hydrogen-bond donors (Lipinski definition) is 1. The molecule has 13 heavy (non-hydrogen) atoms. The van der Waals surface area contributed by atoms with Gasteiger partial charge in [-0.15, -0.1) is 0 Å². The fourth-order valence-corrected chi connectivity index (χ4v) is 0.751. The predicted octanol–water partition coefficient (Wildman–Crippen LogP) is 1.44. The van der Waals surface area contributed by atoms with Crippen LogP contribution in [0.15, 0.2) is 0 Å². The van der Waals surface area contributed by atoms with Crippen molar-refractivity contribution in [3.8, 4) is 0 Å². The lowest BCUT2D eigenvalue weighted by Gasteiger charge is -2.15. The third kappa shape index (κ3) is 8.22. The van der Waals surface area contributed by atoms with E-state index in [1.807, 2.05) is 6.92 Å². The van der Waals surface area contributed by atoms with Gasteiger partial charge in [-0.3, -0.25) is 0 Å². The molecule has 1 unspecified atom stereocenters. The van der Waals surface area contributed by atoms with E-state index in [2.05, 4.69) is 13.8 Å². The molecule has 1 N–H and O–H groups in total. The Morgan fingerprint density at radius 1 is 1.08 bits per heavy atom. The fourth-order valence-electron chi connectivity index (χ4n) is 0.751. The summed E-state index contributed by atoms with van der Waals surface area (Å²) in [5, 5.41) is 9.10. The molecule has 0 heterocycles. The van der Waals surface area contributed by atoms with Gasteiger partial charge in [0.05, 0.1) is 25.4 Å². The second-order valence-electron chi connectivity index (χ2n) is 3.79. The lowest BCUT2D eigenvalue weighted by molar-refractivity contribution is -0.0428. The SMILES string of the molecule is CC(C)COCCOC(C)[C@H](C)O. The van der Waals surface area contributed by atoms with Crippen molar-refractivity contribution >= 4 is 0 Å². The molecular weight excluding hydrogens is 168 g/mol. The summed E-state index contributed by atoms with van der Waals surface area (Å²) in [4.78, 5) is 0. The average molecular weight is 190 g/mol. The maximum absolute atomic E-state index is 9.10. The van der Waals surface area contributed by atoms with Crippen molar-refractivity contribution in [2.75, 3.05) is 19.8 Å². The Morgan fingerprint density at radius 3 is 2.15 bits per heavy atom. The van der Waals surface area contributed by atoms with Crippen LogP contribution in [0.3, 0.4) is 0 Å². The Kier molecular flexibility index (Phi) is 7.23. The number of ether oxygens (including phenoxy) is 2. The number of hydrogen-bond acceptors (Lipinski definition) is 3. The van der Waals surface area contributed by atoms with Crippen molar-refractivity contribution in [2.24, 2.45) is 5.92 Å². The van der Waals surface area contributed by atoms with E-state index in [-0.39, 0.29) is 6.10 Å². The summed E-state index contributed by atoms with van der Waals surface area (Å²) in [7, 11) is 0. The molecule has 0 amide bonds. The summed E-state index contributed by atoms with van der Waals surface area (Å²) in [5.41, 5.74) is 0. The maximum Gasteiger partial charge on any atom is 0.0804 e. The van der Waals surface area contributed by atoms with E-state index >= 15 is 0 Å². The molecule has 2 atom stereocenters. The van der Waals surface area contributed by atoms with Crippen molar-refractivity contribution in [1.82, 2.24) is 0 Å². The molecule has 0 aliphatic carbocycles. The van der Waals surface area contributed by atoms with Gasteiger partial charge in [-0.1, -0.05) is 13.8 Å². The molecule has 0 aromatic carbocycles. The van der Waals surface area contributed by atoms with Crippen LogP contribution in [-0.2, 0) is 9.47 Å². The zero-order valence-electron chi connectivity index (χ0n) is 9.12. The van der Waals surface area contributed by atoms with Crippen molar-refractivity contribution in [3.63, 3.8) is 0 Å². The molecular formula is C10H22O3. The van der Waals surface area contributed by atoms with Gasteiger partial charge in [0, 0.05) is 6.61 Å². The standard InChI is InChI=1S/C10H22O3/c1-8(2)7-12-5-6-13-10(4)9(3)11/h8-11H,5-7H2,1-4H3/t9-,10?/m0/s1. The first-order valence-electron chi connectivity index (χ1n) is 4.91. The smallest absolute Gasteiger partial charge is 0.0804 e. The molecule has 0 spiro atoms. The topological polar surface area (TPSA) is 38.7 Å². The third-order valence-corrected chi connectivity index (χ3v) is 1.74. The monoisotopic (exact) mass is 190 g/mol. The van der Waals surface area contributed by atoms with E-state index in [9.17, 15) is 0 Å². The molecule has 0 radical (unpaired) electrons. The van der Waals surface area contributed by atoms with Gasteiger partial charge in [0.2, 0.25) is 0 Å². The molecule has 0 aromatic rings. The molecule has 3 heteroatoms. The van der Waals surface area contributed by atoms with Crippen molar-refractivity contribution in [1.29, 1.82) is 0 Å². The number of aliphatic hydroxyl groups is 1. The second kappa shape index (κ2) is 7.30. The maximum atomic E-state index is 9.10. The van der Waals surface area contributed by atoms with Gasteiger partial charge in [0.15, 0.2) is 0 Å². The highest BCUT2D eigenvalue weighted by molar-refractivity contribution is 4.56.